The van der Waals surface area contributed by atoms with Gasteiger partial charge in [0, 0.05) is 37.9 Å². The van der Waals surface area contributed by atoms with Gasteiger partial charge in [-0.25, -0.2) is 9.59 Å². The number of esters is 3. The quantitative estimate of drug-likeness (QED) is 0.0352. The zero-order valence-corrected chi connectivity index (χ0v) is 42.0. The molecular weight excluding hydrogens is 869 g/mol. The molecule has 4 rings (SSSR count). The van der Waals surface area contributed by atoms with Crippen molar-refractivity contribution >= 4 is 23.7 Å². The Kier molecular flexibility index (Phi) is 22.6. The number of methoxy groups -OCH3 is 1. The van der Waals surface area contributed by atoms with E-state index < -0.39 is 78.0 Å². The monoisotopic (exact) mass is 949 g/mol. The van der Waals surface area contributed by atoms with Gasteiger partial charge in [-0.15, -0.1) is 6.58 Å². The fraction of sp³-hybridized carbons (Fsp3) is 0.636. The third-order valence-corrected chi connectivity index (χ3v) is 14.1. The van der Waals surface area contributed by atoms with Gasteiger partial charge in [0.05, 0.1) is 42.5 Å². The van der Waals surface area contributed by atoms with E-state index >= 15 is 0 Å². The number of aliphatic hydroxyl groups is 3. The molecule has 0 aliphatic carbocycles. The zero-order valence-electron chi connectivity index (χ0n) is 42.0. The van der Waals surface area contributed by atoms with Crippen molar-refractivity contribution in [3.8, 4) is 0 Å². The maximum Gasteiger partial charge on any atom is 0.337 e. The number of ketones is 1. The van der Waals surface area contributed by atoms with Gasteiger partial charge >= 0.3 is 17.9 Å². The standard InChI is InChI=1S/C55H80O13/c1-11-35(4)22-25-47-36(5)26-28-55(67-47)29-27-38(7)51(68-55)37(6)23-24-43(56)39(8)44(57)30-46(59)52(63-10)50(34(2)3)66-48(60)31-45(58)49(54(62)65-33-42-20-16-13-17-21-42)40(9)53(61)64-32-41-18-14-12-15-19-41/h11-21,34-39,43,45-47,50-52,56,58-59H,1,22-33H2,2-10H3/b49-40-/t35-,36-,37-,38+,39+,43+,45-,46-,47+,50-,51+,52+,55-/m1/s1. The smallest absolute Gasteiger partial charge is 0.337 e. The van der Waals surface area contributed by atoms with Gasteiger partial charge < -0.3 is 43.7 Å². The number of hydrogen-bond donors (Lipinski definition) is 3. The molecule has 378 valence electrons. The summed E-state index contributed by atoms with van der Waals surface area (Å²) in [6.45, 7) is 18.9. The second-order valence-corrected chi connectivity index (χ2v) is 19.9. The summed E-state index contributed by atoms with van der Waals surface area (Å²) < 4.78 is 36.0. The van der Waals surface area contributed by atoms with Gasteiger partial charge in [0.1, 0.15) is 31.2 Å². The van der Waals surface area contributed by atoms with Crippen molar-refractivity contribution in [2.75, 3.05) is 7.11 Å². The van der Waals surface area contributed by atoms with Crippen molar-refractivity contribution in [1.29, 1.82) is 0 Å². The highest BCUT2D eigenvalue weighted by molar-refractivity contribution is 6.01. The molecule has 0 amide bonds. The molecule has 1 spiro atoms. The van der Waals surface area contributed by atoms with E-state index in [0.29, 0.717) is 41.7 Å². The SMILES string of the molecule is C=C[C@@H](C)CC[C@@H]1O[C@@]2(CC[C@H]1C)CC[C@H](C)[C@H]([C@H](C)CC[C@H](O)[C@H](C)C(=O)C[C@@H](O)[C@H](OC)[C@H](OC(=O)C[C@@H](O)/C(C(=O)OCc1ccccc1)=C(\C)C(=O)OCc1ccccc1)C(C)C)O2. The van der Waals surface area contributed by atoms with Crippen LogP contribution in [0.2, 0.25) is 0 Å². The first kappa shape index (κ1) is 56.3. The van der Waals surface area contributed by atoms with E-state index in [2.05, 4.69) is 34.3 Å². The number of carbonyl (C=O) groups excluding carboxylic acids is 4. The molecule has 2 aromatic carbocycles. The van der Waals surface area contributed by atoms with Crippen LogP contribution in [0.3, 0.4) is 0 Å². The summed E-state index contributed by atoms with van der Waals surface area (Å²) in [6, 6.07) is 17.7. The summed E-state index contributed by atoms with van der Waals surface area (Å²) in [6.07, 6.45) is 1.10. The summed E-state index contributed by atoms with van der Waals surface area (Å²) >= 11 is 0. The van der Waals surface area contributed by atoms with Crippen molar-refractivity contribution in [3.63, 3.8) is 0 Å². The molecule has 2 aliphatic rings. The van der Waals surface area contributed by atoms with E-state index in [1.807, 2.05) is 12.1 Å². The molecule has 13 heteroatoms. The molecule has 2 fully saturated rings. The number of carbonyl (C=O) groups is 4. The Morgan fingerprint density at radius 2 is 1.34 bits per heavy atom. The van der Waals surface area contributed by atoms with E-state index in [9.17, 15) is 34.5 Å². The highest BCUT2D eigenvalue weighted by atomic mass is 16.7. The van der Waals surface area contributed by atoms with Crippen LogP contribution in [0.25, 0.3) is 0 Å². The first-order valence-corrected chi connectivity index (χ1v) is 24.7. The predicted octanol–water partition coefficient (Wildman–Crippen LogP) is 8.79. The lowest BCUT2D eigenvalue weighted by Gasteiger charge is -2.51. The first-order valence-electron chi connectivity index (χ1n) is 24.7. The molecule has 0 radical (unpaired) electrons. The maximum absolute atomic E-state index is 13.6. The number of Topliss-reactive ketones (excluding diaryl/α,β-unsaturated/α-hetero) is 1. The molecule has 0 unspecified atom stereocenters. The Morgan fingerprint density at radius 3 is 1.90 bits per heavy atom. The van der Waals surface area contributed by atoms with E-state index in [4.69, 9.17) is 28.4 Å². The normalized spacial score (nSPS) is 24.6. The number of allylic oxidation sites excluding steroid dienone is 1. The van der Waals surface area contributed by atoms with Crippen LogP contribution in [0.5, 0.6) is 0 Å². The van der Waals surface area contributed by atoms with Crippen LogP contribution in [0.4, 0.5) is 0 Å². The van der Waals surface area contributed by atoms with Crippen LogP contribution in [0.15, 0.2) is 84.5 Å². The summed E-state index contributed by atoms with van der Waals surface area (Å²) in [4.78, 5) is 53.9. The molecule has 2 saturated heterocycles. The Bertz CT molecular complexity index is 1930. The topological polar surface area (TPSA) is 184 Å². The summed E-state index contributed by atoms with van der Waals surface area (Å²) in [5, 5.41) is 34.1. The Hall–Kier alpha value is -4.24. The molecule has 2 heterocycles. The largest absolute Gasteiger partial charge is 0.459 e. The molecule has 0 aromatic heterocycles. The van der Waals surface area contributed by atoms with Gasteiger partial charge in [0.2, 0.25) is 0 Å². The number of aliphatic hydroxyl groups excluding tert-OH is 3. The maximum atomic E-state index is 13.6. The van der Waals surface area contributed by atoms with Crippen LogP contribution in [-0.2, 0) is 60.8 Å². The van der Waals surface area contributed by atoms with E-state index in [-0.39, 0.29) is 49.1 Å². The number of hydrogen-bond acceptors (Lipinski definition) is 13. The van der Waals surface area contributed by atoms with Crippen molar-refractivity contribution in [1.82, 2.24) is 0 Å². The second-order valence-electron chi connectivity index (χ2n) is 19.9. The average molecular weight is 949 g/mol. The van der Waals surface area contributed by atoms with Crippen LogP contribution in [0, 0.1) is 35.5 Å². The Morgan fingerprint density at radius 1 is 0.765 bits per heavy atom. The highest BCUT2D eigenvalue weighted by Gasteiger charge is 2.48. The summed E-state index contributed by atoms with van der Waals surface area (Å²) in [7, 11) is 1.32. The summed E-state index contributed by atoms with van der Waals surface area (Å²) in [5.74, 6) is -3.83. The highest BCUT2D eigenvalue weighted by Crippen LogP contribution is 2.46. The minimum Gasteiger partial charge on any atom is -0.459 e. The molecule has 3 N–H and O–H groups in total. The number of rotatable bonds is 26. The Labute approximate surface area is 405 Å². The van der Waals surface area contributed by atoms with Crippen molar-refractivity contribution < 1.29 is 62.9 Å². The Balaban J connectivity index is 1.35. The van der Waals surface area contributed by atoms with Gasteiger partial charge in [-0.1, -0.05) is 115 Å². The predicted molar refractivity (Wildman–Crippen MR) is 258 cm³/mol. The molecule has 2 aromatic rings. The van der Waals surface area contributed by atoms with E-state index in [1.54, 1.807) is 75.4 Å². The number of benzene rings is 2. The van der Waals surface area contributed by atoms with Crippen LogP contribution in [-0.4, -0.2) is 94.6 Å². The lowest BCUT2D eigenvalue weighted by atomic mass is 9.79. The third kappa shape index (κ3) is 16.4. The molecule has 13 nitrogen and oxygen atoms in total. The second kappa shape index (κ2) is 27.2. The molecular formula is C55H80O13. The molecule has 13 atom stereocenters. The van der Waals surface area contributed by atoms with Crippen LogP contribution >= 0.6 is 0 Å². The minimum absolute atomic E-state index is 0.0642. The lowest BCUT2D eigenvalue weighted by molar-refractivity contribution is -0.338. The van der Waals surface area contributed by atoms with Gasteiger partial charge in [0.15, 0.2) is 5.79 Å². The summed E-state index contributed by atoms with van der Waals surface area (Å²) in [5.41, 5.74) is 0.648. The van der Waals surface area contributed by atoms with Crippen LogP contribution < -0.4 is 0 Å². The molecule has 0 saturated carbocycles. The van der Waals surface area contributed by atoms with E-state index in [1.165, 1.54) is 14.0 Å². The van der Waals surface area contributed by atoms with Crippen LogP contribution in [0.1, 0.15) is 131 Å². The fourth-order valence-corrected chi connectivity index (χ4v) is 9.36. The van der Waals surface area contributed by atoms with Crippen molar-refractivity contribution in [2.24, 2.45) is 35.5 Å². The average Bonchev–Trinajstić information content (AvgIpc) is 3.32. The lowest BCUT2D eigenvalue weighted by Crippen LogP contribution is -2.53. The number of ether oxygens (including phenoxy) is 6. The zero-order chi connectivity index (χ0) is 50.1. The van der Waals surface area contributed by atoms with Gasteiger partial charge in [-0.05, 0) is 86.2 Å². The molecule has 0 bridgehead atoms. The van der Waals surface area contributed by atoms with Crippen molar-refractivity contribution in [2.45, 2.75) is 181 Å². The molecule has 2 aliphatic heterocycles. The van der Waals surface area contributed by atoms with Gasteiger partial charge in [0.25, 0.3) is 0 Å². The fourth-order valence-electron chi connectivity index (χ4n) is 9.36. The minimum atomic E-state index is -1.84. The van der Waals surface area contributed by atoms with Crippen molar-refractivity contribution in [3.05, 3.63) is 95.6 Å². The van der Waals surface area contributed by atoms with E-state index in [0.717, 1.165) is 38.5 Å². The first-order chi connectivity index (χ1) is 32.3. The third-order valence-electron chi connectivity index (χ3n) is 14.1. The molecule has 68 heavy (non-hydrogen) atoms. The van der Waals surface area contributed by atoms with Gasteiger partial charge in [-0.3, -0.25) is 9.59 Å². The van der Waals surface area contributed by atoms with Gasteiger partial charge in [-0.2, -0.15) is 0 Å².